The highest BCUT2D eigenvalue weighted by Gasteiger charge is 2.33. The molecule has 0 radical (unpaired) electrons. The van der Waals surface area contributed by atoms with E-state index in [1.807, 2.05) is 0 Å². The average Bonchev–Trinajstić information content (AvgIpc) is 3.14. The van der Waals surface area contributed by atoms with Crippen LogP contribution in [-0.2, 0) is 33.4 Å². The van der Waals surface area contributed by atoms with Gasteiger partial charge >= 0.3 is 6.03 Å². The Kier molecular flexibility index (Phi) is 13.6. The first kappa shape index (κ1) is 32.7. The van der Waals surface area contributed by atoms with E-state index in [-0.39, 0.29) is 63.0 Å². The first-order chi connectivity index (χ1) is 17.7. The maximum absolute atomic E-state index is 13.0. The Morgan fingerprint density at radius 2 is 1.58 bits per heavy atom. The normalized spacial score (nSPS) is 14.9. The van der Waals surface area contributed by atoms with Crippen molar-refractivity contribution in [2.24, 2.45) is 17.1 Å². The molecule has 0 aliphatic carbocycles. The van der Waals surface area contributed by atoms with Crippen LogP contribution in [0.2, 0.25) is 0 Å². The highest BCUT2D eigenvalue weighted by molar-refractivity contribution is 6.12. The topological polar surface area (TPSA) is 186 Å². The largest absolute Gasteiger partial charge is 0.377 e. The molecule has 6 amide bonds. The van der Waals surface area contributed by atoms with Gasteiger partial charge in [0, 0.05) is 24.1 Å². The third-order valence-corrected chi connectivity index (χ3v) is 5.57. The Labute approximate surface area is 223 Å². The van der Waals surface area contributed by atoms with Gasteiger partial charge < -0.3 is 31.2 Å². The van der Waals surface area contributed by atoms with E-state index in [9.17, 15) is 28.8 Å². The van der Waals surface area contributed by atoms with Crippen molar-refractivity contribution in [1.82, 2.24) is 20.9 Å². The van der Waals surface area contributed by atoms with Gasteiger partial charge in [-0.2, -0.15) is 0 Å². The number of nitrogens with zero attached hydrogens (tertiary/aromatic N) is 1. The third kappa shape index (κ3) is 11.8. The van der Waals surface area contributed by atoms with Crippen LogP contribution in [0, 0.1) is 11.3 Å². The standard InChI is InChI=1S/C25H41N5O8/c1-16(2)21(23(35)28-17(22(34)25(3,4)5)7-6-10-27-24(26)36)29-18(31)15-38-14-13-37-12-11-30-19(32)8-9-20(30)33/h8-9,16-17,21H,6-7,10-15H2,1-5H3,(H,28,35)(H,29,31)(H3,26,27,36)/t17-,21?/m0/s1. The molecule has 13 nitrogen and oxygen atoms in total. The summed E-state index contributed by atoms with van der Waals surface area (Å²) in [5.74, 6) is -2.22. The molecule has 0 saturated heterocycles. The minimum absolute atomic E-state index is 0.0909. The molecule has 2 atom stereocenters. The van der Waals surface area contributed by atoms with Gasteiger partial charge in [0.05, 0.1) is 32.4 Å². The second kappa shape index (κ2) is 15.8. The zero-order valence-electron chi connectivity index (χ0n) is 22.8. The first-order valence-electron chi connectivity index (χ1n) is 12.6. The fraction of sp³-hybridized carbons (Fsp3) is 0.680. The fourth-order valence-electron chi connectivity index (χ4n) is 3.51. The van der Waals surface area contributed by atoms with Gasteiger partial charge in [0.25, 0.3) is 11.8 Å². The number of nitrogens with one attached hydrogen (secondary N) is 3. The van der Waals surface area contributed by atoms with E-state index in [0.29, 0.717) is 12.8 Å². The molecule has 214 valence electrons. The molecule has 1 unspecified atom stereocenters. The molecule has 0 fully saturated rings. The zero-order chi connectivity index (χ0) is 28.9. The zero-order valence-corrected chi connectivity index (χ0v) is 22.8. The van der Waals surface area contributed by atoms with Crippen molar-refractivity contribution >= 4 is 35.4 Å². The van der Waals surface area contributed by atoms with Crippen molar-refractivity contribution in [2.45, 2.75) is 59.5 Å². The number of ether oxygens (including phenoxy) is 2. The predicted molar refractivity (Wildman–Crippen MR) is 137 cm³/mol. The van der Waals surface area contributed by atoms with E-state index < -0.39 is 35.3 Å². The van der Waals surface area contributed by atoms with Crippen LogP contribution < -0.4 is 21.7 Å². The van der Waals surface area contributed by atoms with Crippen LogP contribution in [-0.4, -0.2) is 91.9 Å². The van der Waals surface area contributed by atoms with Gasteiger partial charge in [-0.15, -0.1) is 0 Å². The molecule has 0 aromatic heterocycles. The highest BCUT2D eigenvalue weighted by atomic mass is 16.5. The number of imide groups is 1. The summed E-state index contributed by atoms with van der Waals surface area (Å²) in [6.45, 7) is 9.23. The summed E-state index contributed by atoms with van der Waals surface area (Å²) in [4.78, 5) is 73.2. The van der Waals surface area contributed by atoms with Gasteiger partial charge in [-0.05, 0) is 18.8 Å². The van der Waals surface area contributed by atoms with Crippen molar-refractivity contribution in [3.63, 3.8) is 0 Å². The van der Waals surface area contributed by atoms with Crippen molar-refractivity contribution in [3.05, 3.63) is 12.2 Å². The Morgan fingerprint density at radius 3 is 2.13 bits per heavy atom. The SMILES string of the molecule is CC(C)C(NC(=O)COCCOCCN1C(=O)C=CC1=O)C(=O)N[C@@H](CCCNC(N)=O)C(=O)C(C)(C)C. The van der Waals surface area contributed by atoms with E-state index in [1.54, 1.807) is 34.6 Å². The Morgan fingerprint density at radius 1 is 0.974 bits per heavy atom. The fourth-order valence-corrected chi connectivity index (χ4v) is 3.51. The van der Waals surface area contributed by atoms with E-state index in [1.165, 1.54) is 12.2 Å². The molecular formula is C25H41N5O8. The summed E-state index contributed by atoms with van der Waals surface area (Å²) in [7, 11) is 0. The number of Topliss-reactive ketones (excluding diaryl/α,β-unsaturated/α-hetero) is 1. The average molecular weight is 540 g/mol. The molecule has 13 heteroatoms. The predicted octanol–water partition coefficient (Wildman–Crippen LogP) is -0.366. The van der Waals surface area contributed by atoms with Crippen LogP contribution in [0.4, 0.5) is 4.79 Å². The molecule has 38 heavy (non-hydrogen) atoms. The van der Waals surface area contributed by atoms with Gasteiger partial charge in [0.15, 0.2) is 5.78 Å². The number of hydrogen-bond acceptors (Lipinski definition) is 8. The molecule has 1 heterocycles. The molecule has 1 rings (SSSR count). The minimum Gasteiger partial charge on any atom is -0.377 e. The highest BCUT2D eigenvalue weighted by Crippen LogP contribution is 2.19. The third-order valence-electron chi connectivity index (χ3n) is 5.57. The maximum Gasteiger partial charge on any atom is 0.312 e. The van der Waals surface area contributed by atoms with Crippen LogP contribution in [0.25, 0.3) is 0 Å². The Balaban J connectivity index is 2.49. The van der Waals surface area contributed by atoms with E-state index in [2.05, 4.69) is 16.0 Å². The number of nitrogens with two attached hydrogens (primary N) is 1. The van der Waals surface area contributed by atoms with Crippen molar-refractivity contribution < 1.29 is 38.2 Å². The molecule has 0 spiro atoms. The number of amides is 6. The number of ketones is 1. The lowest BCUT2D eigenvalue weighted by Gasteiger charge is -2.28. The smallest absolute Gasteiger partial charge is 0.312 e. The lowest BCUT2D eigenvalue weighted by Crippen LogP contribution is -2.55. The molecule has 1 aliphatic rings. The number of primary amides is 1. The lowest BCUT2D eigenvalue weighted by atomic mass is 9.84. The minimum atomic E-state index is -0.898. The summed E-state index contributed by atoms with van der Waals surface area (Å²) >= 11 is 0. The monoisotopic (exact) mass is 539 g/mol. The Hall–Kier alpha value is -3.32. The molecule has 0 aromatic rings. The number of carbonyl (C=O) groups is 6. The van der Waals surface area contributed by atoms with Gasteiger partial charge in [-0.25, -0.2) is 4.79 Å². The van der Waals surface area contributed by atoms with Crippen LogP contribution in [0.3, 0.4) is 0 Å². The molecule has 0 bridgehead atoms. The van der Waals surface area contributed by atoms with E-state index in [4.69, 9.17) is 15.2 Å². The van der Waals surface area contributed by atoms with E-state index in [0.717, 1.165) is 4.90 Å². The van der Waals surface area contributed by atoms with Crippen LogP contribution >= 0.6 is 0 Å². The second-order valence-electron chi connectivity index (χ2n) is 10.2. The molecule has 5 N–H and O–H groups in total. The van der Waals surface area contributed by atoms with E-state index >= 15 is 0 Å². The summed E-state index contributed by atoms with van der Waals surface area (Å²) in [5.41, 5.74) is 4.36. The first-order valence-corrected chi connectivity index (χ1v) is 12.6. The lowest BCUT2D eigenvalue weighted by molar-refractivity contribution is -0.138. The number of rotatable bonds is 17. The number of carbonyl (C=O) groups excluding carboxylic acids is 6. The van der Waals surface area contributed by atoms with Crippen LogP contribution in [0.1, 0.15) is 47.5 Å². The number of hydrogen-bond donors (Lipinski definition) is 4. The van der Waals surface area contributed by atoms with Gasteiger partial charge in [-0.1, -0.05) is 34.6 Å². The van der Waals surface area contributed by atoms with Gasteiger partial charge in [0.2, 0.25) is 11.8 Å². The number of urea groups is 1. The van der Waals surface area contributed by atoms with Crippen molar-refractivity contribution in [3.8, 4) is 0 Å². The quantitative estimate of drug-likeness (QED) is 0.142. The van der Waals surface area contributed by atoms with Gasteiger partial charge in [-0.3, -0.25) is 28.9 Å². The van der Waals surface area contributed by atoms with Crippen LogP contribution in [0.15, 0.2) is 12.2 Å². The molecule has 0 aromatic carbocycles. The summed E-state index contributed by atoms with van der Waals surface area (Å²) in [6.07, 6.45) is 3.11. The maximum atomic E-state index is 13.0. The second-order valence-corrected chi connectivity index (χ2v) is 10.2. The molecular weight excluding hydrogens is 498 g/mol. The summed E-state index contributed by atoms with van der Waals surface area (Å²) < 4.78 is 10.6. The van der Waals surface area contributed by atoms with Crippen molar-refractivity contribution in [2.75, 3.05) is 39.5 Å². The molecule has 1 aliphatic heterocycles. The Bertz CT molecular complexity index is 879. The summed E-state index contributed by atoms with van der Waals surface area (Å²) in [6, 6.07) is -2.37. The molecule has 0 saturated carbocycles. The van der Waals surface area contributed by atoms with Crippen molar-refractivity contribution in [1.29, 1.82) is 0 Å². The van der Waals surface area contributed by atoms with Gasteiger partial charge in [0.1, 0.15) is 12.6 Å². The van der Waals surface area contributed by atoms with Crippen LogP contribution in [0.5, 0.6) is 0 Å². The summed E-state index contributed by atoms with van der Waals surface area (Å²) in [5, 5.41) is 7.85.